The van der Waals surface area contributed by atoms with Crippen LogP contribution >= 0.6 is 11.6 Å². The molecule has 4 aromatic rings. The van der Waals surface area contributed by atoms with Crippen LogP contribution in [0.2, 0.25) is 5.02 Å². The summed E-state index contributed by atoms with van der Waals surface area (Å²) in [5.74, 6) is -0.470. The van der Waals surface area contributed by atoms with Crippen LogP contribution in [0.25, 0.3) is 10.9 Å². The molecule has 2 heterocycles. The average molecular weight is 659 g/mol. The van der Waals surface area contributed by atoms with Gasteiger partial charge in [0.05, 0.1) is 45.0 Å². The molecule has 0 saturated heterocycles. The first kappa shape index (κ1) is 32.0. The third-order valence-electron chi connectivity index (χ3n) is 8.75. The Kier molecular flexibility index (Phi) is 8.39. The van der Waals surface area contributed by atoms with E-state index in [0.29, 0.717) is 40.0 Å². The SMILES string of the molecule is BC(Nc1cc(Cl)c2ncc(C#N)c(N[C@H](CCC#N)c3ccccc3)c2c1)(C1=CN(C2(C(F)(F)F)CC2)NN1)c1ccc(F)cc1. The van der Waals surface area contributed by atoms with Crippen molar-refractivity contribution in [2.75, 3.05) is 10.6 Å². The average Bonchev–Trinajstić information content (AvgIpc) is 3.73. The van der Waals surface area contributed by atoms with Crippen LogP contribution in [0.15, 0.2) is 84.8 Å². The molecule has 8 nitrogen and oxygen atoms in total. The number of nitriles is 2. The molecule has 1 aliphatic heterocycles. The first-order chi connectivity index (χ1) is 22.5. The molecule has 4 N–H and O–H groups in total. The Labute approximate surface area is 274 Å². The van der Waals surface area contributed by atoms with E-state index in [2.05, 4.69) is 38.7 Å². The quantitative estimate of drug-likeness (QED) is 0.113. The molecular formula is C33H28BClF4N8. The van der Waals surface area contributed by atoms with Crippen LogP contribution in [0.4, 0.5) is 28.9 Å². The van der Waals surface area contributed by atoms with Crippen LogP contribution in [-0.4, -0.2) is 29.6 Å². The molecule has 2 atom stereocenters. The van der Waals surface area contributed by atoms with Crippen molar-refractivity contribution < 1.29 is 17.6 Å². The van der Waals surface area contributed by atoms with E-state index in [9.17, 15) is 28.1 Å². The van der Waals surface area contributed by atoms with Crippen LogP contribution in [0, 0.1) is 28.5 Å². The predicted octanol–water partition coefficient (Wildman–Crippen LogP) is 6.52. The van der Waals surface area contributed by atoms with Crippen molar-refractivity contribution in [3.05, 3.63) is 112 Å². The second kappa shape index (κ2) is 12.3. The Morgan fingerprint density at radius 2 is 1.81 bits per heavy atom. The molecule has 3 aromatic carbocycles. The van der Waals surface area contributed by atoms with Gasteiger partial charge in [-0.05, 0) is 54.7 Å². The summed E-state index contributed by atoms with van der Waals surface area (Å²) in [5.41, 5.74) is 5.72. The standard InChI is InChI=1S/C33H28BClF4N8/c34-32(22-8-10-23(36)11-9-22,28-19-47(46-45-28)31(12-13-31)33(37,38)39)44-24-15-25-29(21(17-41)18-42-30(25)26(35)16-24)43-27(7-4-14-40)20-5-2-1-3-6-20/h1-3,5-6,8-11,15-16,18-19,27,44-46H,4,7,12-13,34H2,(H,42,43)/t27-,32?/m1/s1. The Balaban J connectivity index is 1.44. The number of hydrazine groups is 2. The summed E-state index contributed by atoms with van der Waals surface area (Å²) < 4.78 is 56.0. The van der Waals surface area contributed by atoms with Crippen molar-refractivity contribution in [2.24, 2.45) is 0 Å². The highest BCUT2D eigenvalue weighted by Gasteiger charge is 2.67. The van der Waals surface area contributed by atoms with E-state index >= 15 is 0 Å². The third-order valence-corrected chi connectivity index (χ3v) is 9.03. The molecule has 1 aromatic heterocycles. The maximum Gasteiger partial charge on any atom is 0.413 e. The number of hydrogen-bond acceptors (Lipinski definition) is 8. The zero-order valence-corrected chi connectivity index (χ0v) is 25.8. The lowest BCUT2D eigenvalue weighted by molar-refractivity contribution is -0.195. The fourth-order valence-electron chi connectivity index (χ4n) is 5.91. The summed E-state index contributed by atoms with van der Waals surface area (Å²) in [6.45, 7) is 0. The van der Waals surface area contributed by atoms with Gasteiger partial charge in [-0.3, -0.25) is 9.99 Å². The van der Waals surface area contributed by atoms with E-state index in [-0.39, 0.29) is 35.9 Å². The molecule has 238 valence electrons. The van der Waals surface area contributed by atoms with Crippen LogP contribution < -0.4 is 21.6 Å². The molecule has 47 heavy (non-hydrogen) atoms. The van der Waals surface area contributed by atoms with Gasteiger partial charge in [0.25, 0.3) is 0 Å². The predicted molar refractivity (Wildman–Crippen MR) is 174 cm³/mol. The number of aromatic nitrogens is 1. The number of anilines is 2. The summed E-state index contributed by atoms with van der Waals surface area (Å²) in [6.07, 6.45) is -1.03. The van der Waals surface area contributed by atoms with Crippen molar-refractivity contribution in [1.82, 2.24) is 21.0 Å². The third kappa shape index (κ3) is 6.00. The Hall–Kier alpha value is -4.98. The van der Waals surface area contributed by atoms with Gasteiger partial charge in [0.1, 0.15) is 19.7 Å². The molecule has 14 heteroatoms. The molecule has 2 aliphatic rings. The van der Waals surface area contributed by atoms with E-state index in [1.165, 1.54) is 24.5 Å². The van der Waals surface area contributed by atoms with Crippen LogP contribution in [0.1, 0.15) is 48.4 Å². The summed E-state index contributed by atoms with van der Waals surface area (Å²) in [5, 5.41) is 28.1. The van der Waals surface area contributed by atoms with Gasteiger partial charge in [0, 0.05) is 29.9 Å². The lowest BCUT2D eigenvalue weighted by atomic mass is 9.69. The molecule has 0 radical (unpaired) electrons. The van der Waals surface area contributed by atoms with Gasteiger partial charge in [0.15, 0.2) is 5.54 Å². The number of pyridine rings is 1. The van der Waals surface area contributed by atoms with Crippen molar-refractivity contribution >= 4 is 41.7 Å². The second-order valence-corrected chi connectivity index (χ2v) is 12.2. The number of hydrogen-bond donors (Lipinski definition) is 4. The van der Waals surface area contributed by atoms with Crippen LogP contribution in [-0.2, 0) is 5.44 Å². The minimum Gasteiger partial charge on any atom is -0.378 e. The van der Waals surface area contributed by atoms with Gasteiger partial charge in [0.2, 0.25) is 0 Å². The van der Waals surface area contributed by atoms with Crippen molar-refractivity contribution in [3.8, 4) is 12.1 Å². The van der Waals surface area contributed by atoms with Crippen LogP contribution in [0.3, 0.4) is 0 Å². The minimum absolute atomic E-state index is 0.0573. The van der Waals surface area contributed by atoms with E-state index in [0.717, 1.165) is 10.6 Å². The minimum atomic E-state index is -4.46. The molecule has 1 fully saturated rings. The number of rotatable bonds is 10. The number of nitrogens with one attached hydrogen (secondary N) is 4. The van der Waals surface area contributed by atoms with E-state index < -0.39 is 23.0 Å². The van der Waals surface area contributed by atoms with Gasteiger partial charge >= 0.3 is 6.18 Å². The van der Waals surface area contributed by atoms with Gasteiger partial charge in [-0.1, -0.05) is 54.1 Å². The maximum absolute atomic E-state index is 14.0. The van der Waals surface area contributed by atoms with Crippen molar-refractivity contribution in [2.45, 2.75) is 48.9 Å². The highest BCUT2D eigenvalue weighted by atomic mass is 35.5. The Morgan fingerprint density at radius 1 is 1.09 bits per heavy atom. The Morgan fingerprint density at radius 3 is 2.45 bits per heavy atom. The van der Waals surface area contributed by atoms with Crippen molar-refractivity contribution in [1.29, 1.82) is 10.5 Å². The lowest BCUT2D eigenvalue weighted by Crippen LogP contribution is -2.53. The highest BCUT2D eigenvalue weighted by Crippen LogP contribution is 2.54. The van der Waals surface area contributed by atoms with E-state index in [4.69, 9.17) is 11.6 Å². The largest absolute Gasteiger partial charge is 0.413 e. The normalized spacial score (nSPS) is 17.1. The highest BCUT2D eigenvalue weighted by molar-refractivity contribution is 6.36. The molecule has 0 spiro atoms. The number of halogens is 5. The molecule has 0 amide bonds. The van der Waals surface area contributed by atoms with Crippen LogP contribution in [0.5, 0.6) is 0 Å². The van der Waals surface area contributed by atoms with Gasteiger partial charge in [-0.25, -0.2) is 4.39 Å². The first-order valence-corrected chi connectivity index (χ1v) is 15.2. The van der Waals surface area contributed by atoms with Gasteiger partial charge in [-0.15, -0.1) is 5.53 Å². The lowest BCUT2D eigenvalue weighted by Gasteiger charge is -2.34. The first-order valence-electron chi connectivity index (χ1n) is 14.8. The van der Waals surface area contributed by atoms with Crippen molar-refractivity contribution in [3.63, 3.8) is 0 Å². The van der Waals surface area contributed by atoms with E-state index in [1.54, 1.807) is 32.1 Å². The number of fused-ring (bicyclic) bond motifs is 1. The summed E-state index contributed by atoms with van der Waals surface area (Å²) in [7, 11) is 1.76. The number of benzene rings is 3. The monoisotopic (exact) mass is 658 g/mol. The molecule has 1 saturated carbocycles. The molecule has 1 unspecified atom stereocenters. The molecule has 0 bridgehead atoms. The molecule has 1 aliphatic carbocycles. The molecule has 6 rings (SSSR count). The second-order valence-electron chi connectivity index (χ2n) is 11.8. The summed E-state index contributed by atoms with van der Waals surface area (Å²) in [6, 6.07) is 22.6. The van der Waals surface area contributed by atoms with Gasteiger partial charge < -0.3 is 16.1 Å². The summed E-state index contributed by atoms with van der Waals surface area (Å²) >= 11 is 6.78. The maximum atomic E-state index is 14.0. The number of nitrogens with zero attached hydrogens (tertiary/aromatic N) is 4. The topological polar surface area (TPSA) is 112 Å². The molecular weight excluding hydrogens is 631 g/mol. The zero-order chi connectivity index (χ0) is 33.4. The fraction of sp³-hybridized carbons (Fsp3) is 0.242. The van der Waals surface area contributed by atoms with Gasteiger partial charge in [-0.2, -0.15) is 23.7 Å². The zero-order valence-electron chi connectivity index (χ0n) is 25.1. The smallest absolute Gasteiger partial charge is 0.378 e. The fourth-order valence-corrected chi connectivity index (χ4v) is 6.18. The van der Waals surface area contributed by atoms with E-state index in [1.807, 2.05) is 30.3 Å². The number of alkyl halides is 3. The Bertz CT molecular complexity index is 1920. The summed E-state index contributed by atoms with van der Waals surface area (Å²) in [4.78, 5) is 4.44.